The molecule has 1 aromatic rings. The standard InChI is InChI=1S/C10H15BrN2O/c1-7(8(2)14-3)13-10-4-9(11)5-12-6-10/h4-8,13H,1-3H3. The Morgan fingerprint density at radius 3 is 2.71 bits per heavy atom. The van der Waals surface area contributed by atoms with Crippen LogP contribution in [0.1, 0.15) is 13.8 Å². The number of nitrogens with one attached hydrogen (secondary N) is 1. The van der Waals surface area contributed by atoms with Gasteiger partial charge in [-0.2, -0.15) is 0 Å². The molecule has 1 heterocycles. The molecular weight excluding hydrogens is 244 g/mol. The molecule has 78 valence electrons. The molecule has 3 nitrogen and oxygen atoms in total. The van der Waals surface area contributed by atoms with Gasteiger partial charge in [-0.05, 0) is 35.8 Å². The summed E-state index contributed by atoms with van der Waals surface area (Å²) < 4.78 is 6.19. The van der Waals surface area contributed by atoms with Crippen molar-refractivity contribution in [3.8, 4) is 0 Å². The molecule has 4 heteroatoms. The molecule has 0 aliphatic rings. The second-order valence-electron chi connectivity index (χ2n) is 3.27. The Morgan fingerprint density at radius 2 is 2.14 bits per heavy atom. The van der Waals surface area contributed by atoms with E-state index in [2.05, 4.69) is 33.2 Å². The van der Waals surface area contributed by atoms with E-state index in [-0.39, 0.29) is 12.1 Å². The zero-order valence-electron chi connectivity index (χ0n) is 8.62. The zero-order chi connectivity index (χ0) is 10.6. The van der Waals surface area contributed by atoms with Crippen molar-refractivity contribution in [2.75, 3.05) is 12.4 Å². The van der Waals surface area contributed by atoms with E-state index in [4.69, 9.17) is 4.74 Å². The summed E-state index contributed by atoms with van der Waals surface area (Å²) in [6.07, 6.45) is 3.73. The van der Waals surface area contributed by atoms with Crippen LogP contribution in [0.2, 0.25) is 0 Å². The molecule has 1 rings (SSSR count). The lowest BCUT2D eigenvalue weighted by Gasteiger charge is -2.20. The van der Waals surface area contributed by atoms with Crippen LogP contribution in [-0.4, -0.2) is 24.2 Å². The quantitative estimate of drug-likeness (QED) is 0.902. The highest BCUT2D eigenvalue weighted by Crippen LogP contribution is 2.15. The number of anilines is 1. The minimum Gasteiger partial charge on any atom is -0.380 e. The van der Waals surface area contributed by atoms with Gasteiger partial charge >= 0.3 is 0 Å². The van der Waals surface area contributed by atoms with E-state index >= 15 is 0 Å². The number of pyridine rings is 1. The van der Waals surface area contributed by atoms with E-state index in [1.807, 2.05) is 13.0 Å². The first kappa shape index (κ1) is 11.5. The highest BCUT2D eigenvalue weighted by atomic mass is 79.9. The number of hydrogen-bond donors (Lipinski definition) is 1. The second kappa shape index (κ2) is 5.32. The van der Waals surface area contributed by atoms with E-state index in [1.165, 1.54) is 0 Å². The maximum Gasteiger partial charge on any atom is 0.0741 e. The molecule has 0 amide bonds. The number of ether oxygens (including phenoxy) is 1. The van der Waals surface area contributed by atoms with E-state index < -0.39 is 0 Å². The van der Waals surface area contributed by atoms with Gasteiger partial charge in [-0.3, -0.25) is 4.98 Å². The fourth-order valence-electron chi connectivity index (χ4n) is 1.08. The minimum absolute atomic E-state index is 0.175. The van der Waals surface area contributed by atoms with Crippen LogP contribution < -0.4 is 5.32 Å². The number of rotatable bonds is 4. The lowest BCUT2D eigenvalue weighted by molar-refractivity contribution is 0.106. The van der Waals surface area contributed by atoms with Crippen LogP contribution in [-0.2, 0) is 4.74 Å². The highest BCUT2D eigenvalue weighted by molar-refractivity contribution is 9.10. The maximum atomic E-state index is 5.22. The van der Waals surface area contributed by atoms with Gasteiger partial charge in [0.05, 0.1) is 18.0 Å². The van der Waals surface area contributed by atoms with Gasteiger partial charge in [0.15, 0.2) is 0 Å². The van der Waals surface area contributed by atoms with Crippen LogP contribution in [0, 0.1) is 0 Å². The van der Waals surface area contributed by atoms with Crippen LogP contribution in [0.25, 0.3) is 0 Å². The number of hydrogen-bond acceptors (Lipinski definition) is 3. The number of aromatic nitrogens is 1. The Kier molecular flexibility index (Phi) is 4.35. The van der Waals surface area contributed by atoms with Crippen molar-refractivity contribution in [1.82, 2.24) is 4.98 Å². The first-order valence-electron chi connectivity index (χ1n) is 4.53. The van der Waals surface area contributed by atoms with Crippen LogP contribution in [0.15, 0.2) is 22.9 Å². The van der Waals surface area contributed by atoms with Gasteiger partial charge in [0.1, 0.15) is 0 Å². The molecule has 1 N–H and O–H groups in total. The fraction of sp³-hybridized carbons (Fsp3) is 0.500. The molecule has 0 saturated heterocycles. The molecule has 1 aromatic heterocycles. The van der Waals surface area contributed by atoms with Crippen molar-refractivity contribution in [1.29, 1.82) is 0 Å². The summed E-state index contributed by atoms with van der Waals surface area (Å²) in [5, 5.41) is 3.32. The molecule has 0 radical (unpaired) electrons. The summed E-state index contributed by atoms with van der Waals surface area (Å²) in [7, 11) is 1.71. The molecule has 0 aromatic carbocycles. The zero-order valence-corrected chi connectivity index (χ0v) is 10.2. The lowest BCUT2D eigenvalue weighted by atomic mass is 10.2. The largest absolute Gasteiger partial charge is 0.380 e. The summed E-state index contributed by atoms with van der Waals surface area (Å²) in [5.74, 6) is 0. The Labute approximate surface area is 93.0 Å². The van der Waals surface area contributed by atoms with Crippen molar-refractivity contribution in [3.05, 3.63) is 22.9 Å². The molecule has 0 aliphatic heterocycles. The maximum absolute atomic E-state index is 5.22. The Balaban J connectivity index is 2.60. The molecule has 14 heavy (non-hydrogen) atoms. The smallest absolute Gasteiger partial charge is 0.0741 e. The topological polar surface area (TPSA) is 34.1 Å². The molecule has 2 unspecified atom stereocenters. The average molecular weight is 259 g/mol. The third-order valence-electron chi connectivity index (χ3n) is 2.18. The molecule has 2 atom stereocenters. The number of methoxy groups -OCH3 is 1. The van der Waals surface area contributed by atoms with Gasteiger partial charge in [-0.1, -0.05) is 0 Å². The average Bonchev–Trinajstić information content (AvgIpc) is 2.16. The van der Waals surface area contributed by atoms with Crippen LogP contribution >= 0.6 is 15.9 Å². The molecular formula is C10H15BrN2O. The summed E-state index contributed by atoms with van der Waals surface area (Å²) in [4.78, 5) is 4.07. The Hall–Kier alpha value is -0.610. The van der Waals surface area contributed by atoms with Crippen molar-refractivity contribution in [2.45, 2.75) is 26.0 Å². The molecule has 0 aliphatic carbocycles. The fourth-order valence-corrected chi connectivity index (χ4v) is 1.44. The Bertz CT molecular complexity index is 293. The highest BCUT2D eigenvalue weighted by Gasteiger charge is 2.10. The summed E-state index contributed by atoms with van der Waals surface area (Å²) >= 11 is 3.37. The predicted octanol–water partition coefficient (Wildman–Crippen LogP) is 2.68. The molecule has 0 spiro atoms. The van der Waals surface area contributed by atoms with Gasteiger partial charge in [-0.15, -0.1) is 0 Å². The van der Waals surface area contributed by atoms with E-state index in [0.29, 0.717) is 0 Å². The van der Waals surface area contributed by atoms with Gasteiger partial charge in [0, 0.05) is 23.8 Å². The lowest BCUT2D eigenvalue weighted by Crippen LogP contribution is -2.29. The monoisotopic (exact) mass is 258 g/mol. The predicted molar refractivity (Wildman–Crippen MR) is 61.5 cm³/mol. The number of nitrogens with zero attached hydrogens (tertiary/aromatic N) is 1. The van der Waals surface area contributed by atoms with Gasteiger partial charge in [-0.25, -0.2) is 0 Å². The van der Waals surface area contributed by atoms with Crippen molar-refractivity contribution >= 4 is 21.6 Å². The third kappa shape index (κ3) is 3.27. The first-order chi connectivity index (χ1) is 6.63. The minimum atomic E-state index is 0.175. The summed E-state index contributed by atoms with van der Waals surface area (Å²) in [6.45, 7) is 4.11. The van der Waals surface area contributed by atoms with Crippen molar-refractivity contribution in [2.24, 2.45) is 0 Å². The SMILES string of the molecule is COC(C)C(C)Nc1cncc(Br)c1. The van der Waals surface area contributed by atoms with Crippen molar-refractivity contribution in [3.63, 3.8) is 0 Å². The van der Waals surface area contributed by atoms with E-state index in [1.54, 1.807) is 19.5 Å². The summed E-state index contributed by atoms with van der Waals surface area (Å²) in [6, 6.07) is 2.25. The molecule has 0 bridgehead atoms. The van der Waals surface area contributed by atoms with Gasteiger partial charge in [0.2, 0.25) is 0 Å². The second-order valence-corrected chi connectivity index (χ2v) is 4.18. The number of halogens is 1. The third-order valence-corrected chi connectivity index (χ3v) is 2.61. The first-order valence-corrected chi connectivity index (χ1v) is 5.32. The molecule has 0 saturated carbocycles. The molecule has 0 fully saturated rings. The van der Waals surface area contributed by atoms with Gasteiger partial charge in [0.25, 0.3) is 0 Å². The van der Waals surface area contributed by atoms with Gasteiger partial charge < -0.3 is 10.1 Å². The van der Waals surface area contributed by atoms with E-state index in [0.717, 1.165) is 10.2 Å². The van der Waals surface area contributed by atoms with Crippen LogP contribution in [0.3, 0.4) is 0 Å². The van der Waals surface area contributed by atoms with E-state index in [9.17, 15) is 0 Å². The van der Waals surface area contributed by atoms with Crippen molar-refractivity contribution < 1.29 is 4.74 Å². The Morgan fingerprint density at radius 1 is 1.43 bits per heavy atom. The normalized spacial score (nSPS) is 14.9. The summed E-state index contributed by atoms with van der Waals surface area (Å²) in [5.41, 5.74) is 0.996. The van der Waals surface area contributed by atoms with Crippen LogP contribution in [0.5, 0.6) is 0 Å². The van der Waals surface area contributed by atoms with Crippen LogP contribution in [0.4, 0.5) is 5.69 Å².